The molecule has 2 aromatic carbocycles. The van der Waals surface area contributed by atoms with Crippen molar-refractivity contribution in [2.24, 2.45) is 11.3 Å². The average Bonchev–Trinajstić information content (AvgIpc) is 4.04. The molecule has 1 aliphatic heterocycles. The number of phenolic OH excluding ortho intramolecular Hbond substituents is 1. The smallest absolute Gasteiger partial charge is 0.259 e. The number of aromatic nitrogens is 2. The second kappa shape index (κ2) is 17.1. The molecule has 3 aliphatic rings. The maximum absolute atomic E-state index is 14.8. The van der Waals surface area contributed by atoms with Crippen LogP contribution >= 0.6 is 47.8 Å². The number of thiazole rings is 1. The van der Waals surface area contributed by atoms with Gasteiger partial charge < -0.3 is 30.1 Å². The molecule has 4 aromatic rings. The van der Waals surface area contributed by atoms with Crippen LogP contribution < -0.4 is 24.8 Å². The number of hydrogen-bond donors (Lipinski definition) is 4. The SMILES string of the molecule is C=C[C@@H]1C[C@]1(NC(=O)[C@@H]1C[C@@H](Oc2ncc(OC)c3ccc(Cl)cc23)CN1C(=O)[C@@H](Nc1nc(-c2ccc(O)cc2)cs1)C(C)(C)C)C(=O)NS(=O)(=O)C1CC1.Cl.Cl. The topological polar surface area (TPSA) is 189 Å². The number of hydrogen-bond acceptors (Lipinski definition) is 12. The summed E-state index contributed by atoms with van der Waals surface area (Å²) >= 11 is 7.68. The number of nitrogens with one attached hydrogen (secondary N) is 3. The zero-order valence-electron chi connectivity index (χ0n) is 32.1. The highest BCUT2D eigenvalue weighted by Gasteiger charge is 2.62. The number of aromatic hydroxyl groups is 1. The van der Waals surface area contributed by atoms with Crippen LogP contribution in [0.3, 0.4) is 0 Å². The Labute approximate surface area is 358 Å². The summed E-state index contributed by atoms with van der Waals surface area (Å²) in [5.74, 6) is -1.54. The molecule has 7 rings (SSSR count). The lowest BCUT2D eigenvalue weighted by atomic mass is 9.85. The van der Waals surface area contributed by atoms with E-state index in [-0.39, 0.29) is 55.8 Å². The number of nitrogens with zero attached hydrogens (tertiary/aromatic N) is 3. The second-order valence-corrected chi connectivity index (χ2v) is 18.8. The molecule has 4 N–H and O–H groups in total. The molecule has 14 nitrogen and oxygen atoms in total. The molecule has 1 saturated heterocycles. The van der Waals surface area contributed by atoms with E-state index in [4.69, 9.17) is 26.1 Å². The molecule has 0 spiro atoms. The predicted molar refractivity (Wildman–Crippen MR) is 228 cm³/mol. The van der Waals surface area contributed by atoms with Crippen LogP contribution in [0, 0.1) is 11.3 Å². The Morgan fingerprint density at radius 3 is 2.45 bits per heavy atom. The summed E-state index contributed by atoms with van der Waals surface area (Å²) in [5, 5.41) is 19.3. The van der Waals surface area contributed by atoms with Gasteiger partial charge in [-0.3, -0.25) is 19.1 Å². The van der Waals surface area contributed by atoms with Gasteiger partial charge in [-0.15, -0.1) is 42.7 Å². The van der Waals surface area contributed by atoms with Gasteiger partial charge in [0.15, 0.2) is 5.13 Å². The summed E-state index contributed by atoms with van der Waals surface area (Å²) in [7, 11) is -2.38. The molecular formula is C39H45Cl3N6O8S2. The van der Waals surface area contributed by atoms with Crippen molar-refractivity contribution in [2.75, 3.05) is 19.0 Å². The van der Waals surface area contributed by atoms with Gasteiger partial charge in [-0.1, -0.05) is 38.4 Å². The third-order valence-corrected chi connectivity index (χ3v) is 13.2. The van der Waals surface area contributed by atoms with E-state index < -0.39 is 68.1 Å². The number of carbonyl (C=O) groups is 3. The number of pyridine rings is 1. The largest absolute Gasteiger partial charge is 0.508 e. The van der Waals surface area contributed by atoms with Crippen molar-refractivity contribution < 1.29 is 37.4 Å². The third-order valence-electron chi connectivity index (χ3n) is 10.4. The van der Waals surface area contributed by atoms with Crippen LogP contribution in [0.4, 0.5) is 5.13 Å². The number of sulfonamides is 1. The quantitative estimate of drug-likeness (QED) is 0.113. The number of likely N-dealkylation sites (tertiary alicyclic amines) is 1. The summed E-state index contributed by atoms with van der Waals surface area (Å²) in [6.07, 6.45) is 3.40. The van der Waals surface area contributed by atoms with Gasteiger partial charge in [0.1, 0.15) is 35.2 Å². The fourth-order valence-electron chi connectivity index (χ4n) is 7.02. The normalized spacial score (nSPS) is 21.8. The van der Waals surface area contributed by atoms with Crippen LogP contribution in [-0.4, -0.2) is 88.7 Å². The van der Waals surface area contributed by atoms with E-state index in [0.29, 0.717) is 45.2 Å². The van der Waals surface area contributed by atoms with Gasteiger partial charge in [0.2, 0.25) is 27.7 Å². The molecule has 2 aromatic heterocycles. The van der Waals surface area contributed by atoms with Crippen molar-refractivity contribution in [3.05, 3.63) is 71.7 Å². The Kier molecular flexibility index (Phi) is 13.2. The highest BCUT2D eigenvalue weighted by molar-refractivity contribution is 7.91. The van der Waals surface area contributed by atoms with Crippen molar-refractivity contribution in [1.82, 2.24) is 24.9 Å². The monoisotopic (exact) mass is 894 g/mol. The van der Waals surface area contributed by atoms with Crippen molar-refractivity contribution >= 4 is 91.4 Å². The Morgan fingerprint density at radius 2 is 1.83 bits per heavy atom. The summed E-state index contributed by atoms with van der Waals surface area (Å²) in [4.78, 5) is 53.4. The Hall–Kier alpha value is -4.35. The molecule has 5 atom stereocenters. The highest BCUT2D eigenvalue weighted by Crippen LogP contribution is 2.46. The molecule has 0 radical (unpaired) electrons. The molecular weight excluding hydrogens is 851 g/mol. The maximum atomic E-state index is 14.8. The van der Waals surface area contributed by atoms with Crippen molar-refractivity contribution in [3.8, 4) is 28.6 Å². The number of carbonyl (C=O) groups excluding carboxylic acids is 3. The van der Waals surface area contributed by atoms with Crippen LogP contribution in [0.2, 0.25) is 5.02 Å². The van der Waals surface area contributed by atoms with Gasteiger partial charge >= 0.3 is 0 Å². The van der Waals surface area contributed by atoms with Crippen LogP contribution in [0.5, 0.6) is 17.4 Å². The molecule has 0 unspecified atom stereocenters. The van der Waals surface area contributed by atoms with E-state index in [1.807, 2.05) is 26.2 Å². The van der Waals surface area contributed by atoms with E-state index in [1.165, 1.54) is 35.6 Å². The molecule has 3 fully saturated rings. The molecule has 58 heavy (non-hydrogen) atoms. The number of phenols is 1. The standard InChI is InChI=1S/C39H43ClN6O8S2.2ClH/c1-6-22-17-39(22,36(50)45-56(51,52)26-12-13-26)44-33(48)30-16-25(54-34-28-15-23(40)9-14-27(28)31(53-5)18-41-34)19-46(30)35(49)32(38(2,3)4)43-37-42-29(20-55-37)21-7-10-24(47)11-8-21;;/h6-11,14-15,18,20,22,25-26,30,32,47H,1,12-13,16-17,19H2,2-5H3,(H,42,43)(H,44,48)(H,45,50);2*1H/t22-,25-,30+,32-,39-;;/m1../s1. The number of halogens is 3. The molecule has 2 saturated carbocycles. The fraction of sp³-hybridized carbons (Fsp3) is 0.410. The van der Waals surface area contributed by atoms with E-state index in [1.54, 1.807) is 42.5 Å². The number of ether oxygens (including phenoxy) is 2. The minimum absolute atomic E-state index is 0. The first kappa shape index (κ1) is 44.7. The molecule has 3 heterocycles. The number of amides is 3. The summed E-state index contributed by atoms with van der Waals surface area (Å²) in [6.45, 7) is 9.46. The van der Waals surface area contributed by atoms with Gasteiger partial charge in [-0.2, -0.15) is 0 Å². The van der Waals surface area contributed by atoms with Crippen molar-refractivity contribution in [3.63, 3.8) is 0 Å². The van der Waals surface area contributed by atoms with Crippen molar-refractivity contribution in [2.45, 2.75) is 75.4 Å². The third kappa shape index (κ3) is 9.10. The van der Waals surface area contributed by atoms with Gasteiger partial charge in [-0.05, 0) is 67.1 Å². The van der Waals surface area contributed by atoms with E-state index >= 15 is 0 Å². The molecule has 19 heteroatoms. The summed E-state index contributed by atoms with van der Waals surface area (Å²) in [5.41, 5.74) is -0.804. The number of rotatable bonds is 13. The zero-order valence-corrected chi connectivity index (χ0v) is 36.1. The molecule has 0 bridgehead atoms. The first-order valence-electron chi connectivity index (χ1n) is 18.1. The van der Waals surface area contributed by atoms with Crippen LogP contribution in [0.15, 0.2) is 66.7 Å². The Bertz CT molecular complexity index is 2320. The number of fused-ring (bicyclic) bond motifs is 1. The highest BCUT2D eigenvalue weighted by atomic mass is 35.5. The second-order valence-electron chi connectivity index (χ2n) is 15.5. The fourth-order valence-corrected chi connectivity index (χ4v) is 9.30. The molecule has 3 amide bonds. The number of benzene rings is 2. The lowest BCUT2D eigenvalue weighted by Gasteiger charge is -2.35. The van der Waals surface area contributed by atoms with Gasteiger partial charge in [0.05, 0.1) is 30.8 Å². The Balaban J connectivity index is 0.00000320. The summed E-state index contributed by atoms with van der Waals surface area (Å²) in [6, 6.07) is 9.83. The lowest BCUT2D eigenvalue weighted by Crippen LogP contribution is -2.58. The van der Waals surface area contributed by atoms with E-state index in [0.717, 1.165) is 5.56 Å². The molecule has 2 aliphatic carbocycles. The minimum atomic E-state index is -3.90. The van der Waals surface area contributed by atoms with Gasteiger partial charge in [0, 0.05) is 39.1 Å². The summed E-state index contributed by atoms with van der Waals surface area (Å²) < 4.78 is 39.7. The lowest BCUT2D eigenvalue weighted by molar-refractivity contribution is -0.141. The first-order valence-corrected chi connectivity index (χ1v) is 20.9. The minimum Gasteiger partial charge on any atom is -0.508 e. The number of methoxy groups -OCH3 is 1. The van der Waals surface area contributed by atoms with Crippen LogP contribution in [0.25, 0.3) is 22.0 Å². The van der Waals surface area contributed by atoms with Crippen LogP contribution in [-0.2, 0) is 24.4 Å². The zero-order chi connectivity index (χ0) is 40.2. The maximum Gasteiger partial charge on any atom is 0.259 e. The van der Waals surface area contributed by atoms with Gasteiger partial charge in [-0.25, -0.2) is 18.4 Å². The van der Waals surface area contributed by atoms with Gasteiger partial charge in [0.25, 0.3) is 5.91 Å². The number of anilines is 1. The van der Waals surface area contributed by atoms with Crippen LogP contribution in [0.1, 0.15) is 46.5 Å². The predicted octanol–water partition coefficient (Wildman–Crippen LogP) is 6.11. The van der Waals surface area contributed by atoms with Crippen molar-refractivity contribution in [1.29, 1.82) is 0 Å². The average molecular weight is 896 g/mol. The van der Waals surface area contributed by atoms with E-state index in [9.17, 15) is 27.9 Å². The first-order chi connectivity index (χ1) is 26.5. The molecule has 312 valence electrons. The van der Waals surface area contributed by atoms with E-state index in [2.05, 4.69) is 26.9 Å². The Morgan fingerprint density at radius 1 is 1.12 bits per heavy atom.